The summed E-state index contributed by atoms with van der Waals surface area (Å²) in [5.74, 6) is -1.03. The molecule has 2 rings (SSSR count). The van der Waals surface area contributed by atoms with Crippen LogP contribution in [-0.2, 0) is 26.9 Å². The molecule has 0 aliphatic carbocycles. The minimum atomic E-state index is -4.51. The van der Waals surface area contributed by atoms with Crippen LogP contribution in [0.1, 0.15) is 23.7 Å². The Balaban J connectivity index is 2.02. The van der Waals surface area contributed by atoms with Crippen molar-refractivity contribution in [2.24, 2.45) is 0 Å². The zero-order valence-corrected chi connectivity index (χ0v) is 15.5. The number of aromatic nitrogens is 1. The lowest BCUT2D eigenvalue weighted by Crippen LogP contribution is -2.09. The van der Waals surface area contributed by atoms with Gasteiger partial charge in [0.2, 0.25) is 5.91 Å². The smallest absolute Gasteiger partial charge is 0.416 e. The van der Waals surface area contributed by atoms with Gasteiger partial charge in [-0.1, -0.05) is 11.6 Å². The molecule has 0 spiro atoms. The van der Waals surface area contributed by atoms with E-state index in [-0.39, 0.29) is 28.7 Å². The van der Waals surface area contributed by atoms with E-state index in [0.717, 1.165) is 35.6 Å². The van der Waals surface area contributed by atoms with Gasteiger partial charge >= 0.3 is 12.1 Å². The summed E-state index contributed by atoms with van der Waals surface area (Å²) >= 11 is 6.97. The van der Waals surface area contributed by atoms with Gasteiger partial charge in [0.15, 0.2) is 5.13 Å². The second-order valence-electron chi connectivity index (χ2n) is 5.18. The normalized spacial score (nSPS) is 11.6. The quantitative estimate of drug-likeness (QED) is 0.551. The third-order valence-corrected chi connectivity index (χ3v) is 4.30. The van der Waals surface area contributed by atoms with E-state index in [1.54, 1.807) is 12.3 Å². The van der Waals surface area contributed by atoms with Gasteiger partial charge in [-0.05, 0) is 36.8 Å². The predicted molar refractivity (Wildman–Crippen MR) is 96.6 cm³/mol. The van der Waals surface area contributed by atoms with Crippen molar-refractivity contribution in [3.63, 3.8) is 0 Å². The highest BCUT2D eigenvalue weighted by molar-refractivity contribution is 7.14. The summed E-state index contributed by atoms with van der Waals surface area (Å²) in [6.07, 6.45) is -2.30. The lowest BCUT2D eigenvalue weighted by Gasteiger charge is -2.08. The van der Waals surface area contributed by atoms with E-state index < -0.39 is 23.6 Å². The summed E-state index contributed by atoms with van der Waals surface area (Å²) < 4.78 is 43.0. The first-order chi connectivity index (χ1) is 12.7. The fourth-order valence-corrected chi connectivity index (χ4v) is 2.86. The molecule has 1 N–H and O–H groups in total. The Hall–Kier alpha value is -2.39. The molecule has 1 heterocycles. The number of hydrogen-bond donors (Lipinski definition) is 1. The Morgan fingerprint density at radius 2 is 2.11 bits per heavy atom. The molecule has 1 amide bonds. The SMILES string of the molecule is CCOC(=O)Cc1csc(NC(=O)/C=C/c2cc(C(F)(F)F)ccc2Cl)n1. The maximum absolute atomic E-state index is 12.7. The summed E-state index contributed by atoms with van der Waals surface area (Å²) in [6.45, 7) is 1.95. The highest BCUT2D eigenvalue weighted by Crippen LogP contribution is 2.32. The molecular formula is C17H14ClF3N2O3S. The second kappa shape index (κ2) is 9.01. The molecule has 5 nitrogen and oxygen atoms in total. The molecule has 27 heavy (non-hydrogen) atoms. The van der Waals surface area contributed by atoms with Crippen LogP contribution in [0, 0.1) is 0 Å². The number of ether oxygens (including phenoxy) is 1. The number of esters is 1. The molecule has 1 aromatic carbocycles. The summed E-state index contributed by atoms with van der Waals surface area (Å²) in [4.78, 5) is 27.4. The number of nitrogens with one attached hydrogen (secondary N) is 1. The number of carbonyl (C=O) groups excluding carboxylic acids is 2. The van der Waals surface area contributed by atoms with Crippen molar-refractivity contribution in [3.8, 4) is 0 Å². The second-order valence-corrected chi connectivity index (χ2v) is 6.45. The Morgan fingerprint density at radius 1 is 1.37 bits per heavy atom. The van der Waals surface area contributed by atoms with Crippen LogP contribution in [0.5, 0.6) is 0 Å². The molecule has 2 aromatic rings. The van der Waals surface area contributed by atoms with E-state index in [2.05, 4.69) is 10.3 Å². The van der Waals surface area contributed by atoms with Gasteiger partial charge in [-0.25, -0.2) is 4.98 Å². The van der Waals surface area contributed by atoms with Crippen LogP contribution in [0.15, 0.2) is 29.7 Å². The molecule has 0 radical (unpaired) electrons. The summed E-state index contributed by atoms with van der Waals surface area (Å²) in [6, 6.07) is 2.83. The number of hydrogen-bond acceptors (Lipinski definition) is 5. The van der Waals surface area contributed by atoms with Crippen molar-refractivity contribution in [1.29, 1.82) is 0 Å². The van der Waals surface area contributed by atoms with Crippen molar-refractivity contribution in [3.05, 3.63) is 51.5 Å². The lowest BCUT2D eigenvalue weighted by atomic mass is 10.1. The zero-order valence-electron chi connectivity index (χ0n) is 14.0. The molecule has 0 saturated carbocycles. The first-order valence-corrected chi connectivity index (χ1v) is 8.90. The van der Waals surface area contributed by atoms with Crippen LogP contribution in [-0.4, -0.2) is 23.5 Å². The van der Waals surface area contributed by atoms with Crippen LogP contribution in [0.4, 0.5) is 18.3 Å². The van der Waals surface area contributed by atoms with Crippen LogP contribution >= 0.6 is 22.9 Å². The molecule has 10 heteroatoms. The third kappa shape index (κ3) is 6.37. The van der Waals surface area contributed by atoms with Crippen LogP contribution < -0.4 is 5.32 Å². The van der Waals surface area contributed by atoms with Crippen molar-refractivity contribution in [1.82, 2.24) is 4.98 Å². The summed E-state index contributed by atoms with van der Waals surface area (Å²) in [5.41, 5.74) is -0.363. The number of alkyl halides is 3. The number of benzene rings is 1. The largest absolute Gasteiger partial charge is 0.466 e. The van der Waals surface area contributed by atoms with Gasteiger partial charge in [-0.2, -0.15) is 13.2 Å². The Morgan fingerprint density at radius 3 is 2.78 bits per heavy atom. The monoisotopic (exact) mass is 418 g/mol. The van der Waals surface area contributed by atoms with E-state index in [1.165, 1.54) is 6.08 Å². The van der Waals surface area contributed by atoms with Gasteiger partial charge in [0, 0.05) is 16.5 Å². The number of carbonyl (C=O) groups is 2. The number of amides is 1. The minimum absolute atomic E-state index is 0.0180. The van der Waals surface area contributed by atoms with Gasteiger partial charge in [0.25, 0.3) is 0 Å². The summed E-state index contributed by atoms with van der Waals surface area (Å²) in [7, 11) is 0. The lowest BCUT2D eigenvalue weighted by molar-refractivity contribution is -0.142. The Bertz CT molecular complexity index is 865. The molecule has 144 valence electrons. The van der Waals surface area contributed by atoms with Gasteiger partial charge in [-0.3, -0.25) is 14.9 Å². The van der Waals surface area contributed by atoms with Gasteiger partial charge in [0.05, 0.1) is 24.3 Å². The standard InChI is InChI=1S/C17H14ClF3N2O3S/c1-2-26-15(25)8-12-9-27-16(22-12)23-14(24)6-3-10-7-11(17(19,20)21)4-5-13(10)18/h3-7,9H,2,8H2,1H3,(H,22,23,24)/b6-3+. The van der Waals surface area contributed by atoms with Gasteiger partial charge in [-0.15, -0.1) is 11.3 Å². The van der Waals surface area contributed by atoms with Crippen molar-refractivity contribution >= 4 is 46.0 Å². The average molecular weight is 419 g/mol. The van der Waals surface area contributed by atoms with E-state index in [4.69, 9.17) is 16.3 Å². The summed E-state index contributed by atoms with van der Waals surface area (Å²) in [5, 5.41) is 4.39. The first-order valence-electron chi connectivity index (χ1n) is 7.65. The zero-order chi connectivity index (χ0) is 20.0. The Kier molecular flexibility index (Phi) is 6.98. The molecule has 0 aliphatic rings. The third-order valence-electron chi connectivity index (χ3n) is 3.15. The van der Waals surface area contributed by atoms with Gasteiger partial charge in [0.1, 0.15) is 0 Å². The topological polar surface area (TPSA) is 68.3 Å². The molecule has 0 aliphatic heterocycles. The number of nitrogens with zero attached hydrogens (tertiary/aromatic N) is 1. The minimum Gasteiger partial charge on any atom is -0.466 e. The molecule has 0 atom stereocenters. The van der Waals surface area contributed by atoms with Crippen molar-refractivity contribution in [2.45, 2.75) is 19.5 Å². The number of rotatable bonds is 6. The molecule has 1 aromatic heterocycles. The maximum atomic E-state index is 12.7. The predicted octanol–water partition coefficient (Wildman–Crippen LogP) is 4.57. The molecule has 0 saturated heterocycles. The Labute approximate surface area is 161 Å². The van der Waals surface area contributed by atoms with Crippen LogP contribution in [0.3, 0.4) is 0 Å². The molecule has 0 bridgehead atoms. The van der Waals surface area contributed by atoms with Crippen LogP contribution in [0.25, 0.3) is 6.08 Å². The van der Waals surface area contributed by atoms with Crippen LogP contribution in [0.2, 0.25) is 5.02 Å². The van der Waals surface area contributed by atoms with E-state index >= 15 is 0 Å². The maximum Gasteiger partial charge on any atom is 0.416 e. The van der Waals surface area contributed by atoms with Gasteiger partial charge < -0.3 is 4.74 Å². The number of thiazole rings is 1. The van der Waals surface area contributed by atoms with E-state index in [1.807, 2.05) is 0 Å². The van der Waals surface area contributed by atoms with Crippen molar-refractivity contribution in [2.75, 3.05) is 11.9 Å². The molecule has 0 fully saturated rings. The van der Waals surface area contributed by atoms with E-state index in [9.17, 15) is 22.8 Å². The fourth-order valence-electron chi connectivity index (χ4n) is 1.97. The van der Waals surface area contributed by atoms with Crippen molar-refractivity contribution < 1.29 is 27.5 Å². The molecule has 0 unspecified atom stereocenters. The number of halogens is 4. The fraction of sp³-hybridized carbons (Fsp3) is 0.235. The first kappa shape index (κ1) is 20.9. The average Bonchev–Trinajstić information content (AvgIpc) is 3.00. The number of anilines is 1. The van der Waals surface area contributed by atoms with E-state index in [0.29, 0.717) is 5.69 Å². The highest BCUT2D eigenvalue weighted by Gasteiger charge is 2.30. The molecular weight excluding hydrogens is 405 g/mol. The highest BCUT2D eigenvalue weighted by atomic mass is 35.5.